The van der Waals surface area contributed by atoms with Gasteiger partial charge in [0, 0.05) is 17.4 Å². The monoisotopic (exact) mass is 465 g/mol. The number of carbonyl (C=O) groups excluding carboxylic acids is 1. The SMILES string of the molecule is CCS(=O)(=O)c1ccc(NC(=O)c2nn(-c3cccc(C(F)(F)F)c3)c(C)cc2=O)cc1. The first kappa shape index (κ1) is 23.2. The van der Waals surface area contributed by atoms with E-state index in [0.29, 0.717) is 0 Å². The third kappa shape index (κ3) is 4.88. The largest absolute Gasteiger partial charge is 0.416 e. The zero-order valence-corrected chi connectivity index (χ0v) is 17.8. The summed E-state index contributed by atoms with van der Waals surface area (Å²) in [6, 6.07) is 10.8. The Hall–Kier alpha value is -3.47. The Labute approximate surface area is 181 Å². The molecule has 0 unspecified atom stereocenters. The van der Waals surface area contributed by atoms with Gasteiger partial charge in [0.1, 0.15) is 0 Å². The average Bonchev–Trinajstić information content (AvgIpc) is 2.73. The molecule has 0 spiro atoms. The van der Waals surface area contributed by atoms with Crippen molar-refractivity contribution >= 4 is 21.4 Å². The van der Waals surface area contributed by atoms with Crippen molar-refractivity contribution in [2.45, 2.75) is 24.9 Å². The van der Waals surface area contributed by atoms with Crippen LogP contribution in [0, 0.1) is 6.92 Å². The van der Waals surface area contributed by atoms with Crippen LogP contribution in [-0.2, 0) is 16.0 Å². The molecule has 0 bridgehead atoms. The molecule has 0 aliphatic heterocycles. The maximum absolute atomic E-state index is 13.0. The van der Waals surface area contributed by atoms with Gasteiger partial charge in [-0.05, 0) is 49.4 Å². The molecule has 0 saturated carbocycles. The summed E-state index contributed by atoms with van der Waals surface area (Å²) in [7, 11) is -3.42. The van der Waals surface area contributed by atoms with Gasteiger partial charge in [-0.2, -0.15) is 18.3 Å². The second-order valence-corrected chi connectivity index (χ2v) is 9.12. The Bertz CT molecular complexity index is 1330. The van der Waals surface area contributed by atoms with Crippen LogP contribution in [0.25, 0.3) is 5.69 Å². The van der Waals surface area contributed by atoms with E-state index in [-0.39, 0.29) is 27.7 Å². The number of aromatic nitrogens is 2. The maximum Gasteiger partial charge on any atom is 0.416 e. The normalized spacial score (nSPS) is 11.9. The highest BCUT2D eigenvalue weighted by molar-refractivity contribution is 7.91. The van der Waals surface area contributed by atoms with Gasteiger partial charge in [-0.1, -0.05) is 13.0 Å². The number of benzene rings is 2. The molecule has 2 aromatic carbocycles. The van der Waals surface area contributed by atoms with E-state index < -0.39 is 38.6 Å². The zero-order chi connectivity index (χ0) is 23.7. The minimum absolute atomic E-state index is 0.0282. The third-order valence-corrected chi connectivity index (χ3v) is 6.34. The standard InChI is InChI=1S/C21H18F3N3O4S/c1-3-32(30,31)17-9-7-15(8-10-17)25-20(29)19-18(28)11-13(2)27(26-19)16-6-4-5-14(12-16)21(22,23)24/h4-12H,3H2,1-2H3,(H,25,29). The Morgan fingerprint density at radius 2 is 1.75 bits per heavy atom. The lowest BCUT2D eigenvalue weighted by Gasteiger charge is -2.13. The number of anilines is 1. The van der Waals surface area contributed by atoms with E-state index in [4.69, 9.17) is 0 Å². The van der Waals surface area contributed by atoms with E-state index >= 15 is 0 Å². The minimum Gasteiger partial charge on any atom is -0.320 e. The second kappa shape index (κ2) is 8.58. The Balaban J connectivity index is 1.94. The molecule has 3 aromatic rings. The van der Waals surface area contributed by atoms with Gasteiger partial charge < -0.3 is 5.32 Å². The molecule has 1 N–H and O–H groups in total. The molecule has 0 aliphatic carbocycles. The number of halogens is 3. The summed E-state index contributed by atoms with van der Waals surface area (Å²) in [6.45, 7) is 2.98. The van der Waals surface area contributed by atoms with Crippen molar-refractivity contribution in [2.75, 3.05) is 11.1 Å². The van der Waals surface area contributed by atoms with Crippen LogP contribution in [0.3, 0.4) is 0 Å². The Morgan fingerprint density at radius 1 is 1.09 bits per heavy atom. The van der Waals surface area contributed by atoms with E-state index in [9.17, 15) is 31.2 Å². The molecule has 1 heterocycles. The molecule has 0 atom stereocenters. The number of carbonyl (C=O) groups is 1. The van der Waals surface area contributed by atoms with Crippen molar-refractivity contribution in [3.63, 3.8) is 0 Å². The van der Waals surface area contributed by atoms with Crippen molar-refractivity contribution in [1.82, 2.24) is 9.78 Å². The van der Waals surface area contributed by atoms with Crippen molar-refractivity contribution in [2.24, 2.45) is 0 Å². The lowest BCUT2D eigenvalue weighted by Crippen LogP contribution is -2.27. The average molecular weight is 465 g/mol. The molecule has 11 heteroatoms. The van der Waals surface area contributed by atoms with Gasteiger partial charge in [-0.15, -0.1) is 0 Å². The van der Waals surface area contributed by atoms with Gasteiger partial charge in [-0.25, -0.2) is 13.1 Å². The summed E-state index contributed by atoms with van der Waals surface area (Å²) in [5, 5.41) is 6.40. The zero-order valence-electron chi connectivity index (χ0n) is 17.0. The summed E-state index contributed by atoms with van der Waals surface area (Å²) >= 11 is 0. The number of aryl methyl sites for hydroxylation is 1. The topological polar surface area (TPSA) is 98.1 Å². The van der Waals surface area contributed by atoms with Crippen LogP contribution in [0.4, 0.5) is 18.9 Å². The van der Waals surface area contributed by atoms with Crippen molar-refractivity contribution in [3.8, 4) is 5.69 Å². The first-order chi connectivity index (χ1) is 14.9. The molecule has 0 aliphatic rings. The molecule has 32 heavy (non-hydrogen) atoms. The van der Waals surface area contributed by atoms with Crippen LogP contribution in [0.2, 0.25) is 0 Å². The van der Waals surface area contributed by atoms with E-state index in [1.54, 1.807) is 0 Å². The van der Waals surface area contributed by atoms with Gasteiger partial charge in [0.25, 0.3) is 5.91 Å². The van der Waals surface area contributed by atoms with Crippen LogP contribution in [0.15, 0.2) is 64.3 Å². The van der Waals surface area contributed by atoms with Gasteiger partial charge in [-0.3, -0.25) is 9.59 Å². The van der Waals surface area contributed by atoms with E-state index in [1.807, 2.05) is 0 Å². The number of nitrogens with one attached hydrogen (secondary N) is 1. The number of hydrogen-bond donors (Lipinski definition) is 1. The maximum atomic E-state index is 13.0. The smallest absolute Gasteiger partial charge is 0.320 e. The Kier molecular flexibility index (Phi) is 6.22. The van der Waals surface area contributed by atoms with Crippen LogP contribution < -0.4 is 10.7 Å². The highest BCUT2D eigenvalue weighted by Gasteiger charge is 2.30. The van der Waals surface area contributed by atoms with Crippen LogP contribution in [0.5, 0.6) is 0 Å². The Morgan fingerprint density at radius 3 is 2.34 bits per heavy atom. The quantitative estimate of drug-likeness (QED) is 0.621. The number of nitrogens with zero attached hydrogens (tertiary/aromatic N) is 2. The molecule has 0 radical (unpaired) electrons. The lowest BCUT2D eigenvalue weighted by molar-refractivity contribution is -0.137. The molecule has 0 fully saturated rings. The number of amides is 1. The predicted molar refractivity (Wildman–Crippen MR) is 112 cm³/mol. The summed E-state index contributed by atoms with van der Waals surface area (Å²) in [6.07, 6.45) is -4.57. The molecular formula is C21H18F3N3O4S. The summed E-state index contributed by atoms with van der Waals surface area (Å²) in [5.41, 5.74) is -1.66. The van der Waals surface area contributed by atoms with Crippen LogP contribution in [0.1, 0.15) is 28.7 Å². The highest BCUT2D eigenvalue weighted by Crippen LogP contribution is 2.30. The van der Waals surface area contributed by atoms with Crippen LogP contribution in [-0.4, -0.2) is 29.9 Å². The molecular weight excluding hydrogens is 447 g/mol. The van der Waals surface area contributed by atoms with Gasteiger partial charge in [0.05, 0.1) is 21.9 Å². The predicted octanol–water partition coefficient (Wildman–Crippen LogP) is 3.61. The van der Waals surface area contributed by atoms with Crippen LogP contribution >= 0.6 is 0 Å². The van der Waals surface area contributed by atoms with E-state index in [0.717, 1.165) is 22.9 Å². The highest BCUT2D eigenvalue weighted by atomic mass is 32.2. The number of rotatable bonds is 5. The molecule has 168 valence electrons. The summed E-state index contributed by atoms with van der Waals surface area (Å²) in [5.74, 6) is -0.969. The fraction of sp³-hybridized carbons (Fsp3) is 0.190. The summed E-state index contributed by atoms with van der Waals surface area (Å²) in [4.78, 5) is 25.0. The molecule has 0 saturated heterocycles. The third-order valence-electron chi connectivity index (χ3n) is 4.59. The number of sulfone groups is 1. The first-order valence-electron chi connectivity index (χ1n) is 9.35. The number of alkyl halides is 3. The second-order valence-electron chi connectivity index (χ2n) is 6.84. The molecule has 1 amide bonds. The number of hydrogen-bond acceptors (Lipinski definition) is 5. The minimum atomic E-state index is -4.57. The van der Waals surface area contributed by atoms with Crippen molar-refractivity contribution in [3.05, 3.63) is 81.8 Å². The summed E-state index contributed by atoms with van der Waals surface area (Å²) < 4.78 is 64.0. The fourth-order valence-electron chi connectivity index (χ4n) is 2.88. The van der Waals surface area contributed by atoms with E-state index in [1.165, 1.54) is 50.2 Å². The van der Waals surface area contributed by atoms with Gasteiger partial charge >= 0.3 is 6.18 Å². The first-order valence-corrected chi connectivity index (χ1v) is 11.0. The molecule has 7 nitrogen and oxygen atoms in total. The fourth-order valence-corrected chi connectivity index (χ4v) is 3.77. The van der Waals surface area contributed by atoms with Crippen molar-refractivity contribution < 1.29 is 26.4 Å². The van der Waals surface area contributed by atoms with Gasteiger partial charge in [0.15, 0.2) is 15.5 Å². The van der Waals surface area contributed by atoms with E-state index in [2.05, 4.69) is 10.4 Å². The van der Waals surface area contributed by atoms with Gasteiger partial charge in [0.2, 0.25) is 5.43 Å². The molecule has 3 rings (SSSR count). The van der Waals surface area contributed by atoms with Crippen molar-refractivity contribution in [1.29, 1.82) is 0 Å². The molecule has 1 aromatic heterocycles. The lowest BCUT2D eigenvalue weighted by atomic mass is 10.2.